The van der Waals surface area contributed by atoms with E-state index in [1.165, 1.54) is 12.1 Å². The lowest BCUT2D eigenvalue weighted by molar-refractivity contribution is 0.381. The number of halogens is 5. The van der Waals surface area contributed by atoms with E-state index in [0.29, 0.717) is 16.7 Å². The van der Waals surface area contributed by atoms with Crippen LogP contribution in [0.2, 0.25) is 0 Å². The van der Waals surface area contributed by atoms with Gasteiger partial charge in [-0.15, -0.1) is 0 Å². The Balaban J connectivity index is 1.61. The molecule has 0 aliphatic rings. The van der Waals surface area contributed by atoms with Crippen molar-refractivity contribution in [2.45, 2.75) is 52.4 Å². The summed E-state index contributed by atoms with van der Waals surface area (Å²) in [6.07, 6.45) is 0. The molecule has 0 atom stereocenters. The highest BCUT2D eigenvalue weighted by molar-refractivity contribution is 6.12. The van der Waals surface area contributed by atoms with E-state index in [4.69, 9.17) is 0 Å². The molecule has 2 heterocycles. The zero-order valence-electron chi connectivity index (χ0n) is 30.0. The van der Waals surface area contributed by atoms with Gasteiger partial charge in [0.2, 0.25) is 5.82 Å². The molecule has 3 nitrogen and oxygen atoms in total. The number of hydrogen-bond acceptors (Lipinski definition) is 1. The van der Waals surface area contributed by atoms with Gasteiger partial charge in [0.25, 0.3) is 0 Å². The minimum Gasteiger partial charge on any atom is -0.308 e. The Morgan fingerprint density at radius 2 is 0.925 bits per heavy atom. The highest BCUT2D eigenvalue weighted by atomic mass is 19.2. The van der Waals surface area contributed by atoms with Gasteiger partial charge in [-0.2, -0.15) is 5.26 Å². The Labute approximate surface area is 303 Å². The third kappa shape index (κ3) is 5.05. The van der Waals surface area contributed by atoms with Gasteiger partial charge in [0.1, 0.15) is 11.6 Å². The van der Waals surface area contributed by atoms with Crippen LogP contribution in [0.3, 0.4) is 0 Å². The summed E-state index contributed by atoms with van der Waals surface area (Å²) >= 11 is 0. The normalized spacial score (nSPS) is 12.4. The van der Waals surface area contributed by atoms with E-state index < -0.39 is 34.6 Å². The minimum atomic E-state index is -2.26. The van der Waals surface area contributed by atoms with Gasteiger partial charge >= 0.3 is 0 Å². The summed E-state index contributed by atoms with van der Waals surface area (Å²) < 4.78 is 80.0. The van der Waals surface area contributed by atoms with Crippen molar-refractivity contribution in [3.05, 3.63) is 143 Å². The summed E-state index contributed by atoms with van der Waals surface area (Å²) in [6.45, 7) is 12.5. The molecule has 0 spiro atoms. The van der Waals surface area contributed by atoms with Crippen molar-refractivity contribution >= 4 is 43.6 Å². The molecule has 8 heteroatoms. The Hall–Kier alpha value is -5.94. The summed E-state index contributed by atoms with van der Waals surface area (Å²) in [5.41, 5.74) is 3.13. The van der Waals surface area contributed by atoms with Gasteiger partial charge in [0.15, 0.2) is 23.3 Å². The monoisotopic (exact) mass is 711 g/mol. The van der Waals surface area contributed by atoms with Crippen molar-refractivity contribution in [2.24, 2.45) is 0 Å². The lowest BCUT2D eigenvalue weighted by Crippen LogP contribution is -2.12. The third-order valence-electron chi connectivity index (χ3n) is 10.3. The number of fused-ring (bicyclic) bond motifs is 6. The Morgan fingerprint density at radius 1 is 0.491 bits per heavy atom. The number of hydrogen-bond donors (Lipinski definition) is 0. The Bertz CT molecular complexity index is 2850. The van der Waals surface area contributed by atoms with Crippen molar-refractivity contribution < 1.29 is 22.0 Å². The Morgan fingerprint density at radius 3 is 1.42 bits per heavy atom. The standard InChI is InChI=1S/C45H34F5N3/c1-44(2,3)24-15-17-28-26-11-7-9-13-32(26)52(35(28)21-24)34-20-19-30(37-38(46)40(48)42(50)41(49)39(37)47)43(31(34)23-51)53-33-14-10-8-12-27(33)29-18-16-25(22-36(29)53)45(4,5)6/h7-22H,1-6H3. The van der Waals surface area contributed by atoms with Gasteiger partial charge < -0.3 is 9.13 Å². The third-order valence-corrected chi connectivity index (χ3v) is 10.3. The number of nitrogens with zero attached hydrogens (tertiary/aromatic N) is 3. The smallest absolute Gasteiger partial charge is 0.200 e. The van der Waals surface area contributed by atoms with E-state index in [0.717, 1.165) is 43.7 Å². The molecular weight excluding hydrogens is 678 g/mol. The maximum Gasteiger partial charge on any atom is 0.200 e. The van der Waals surface area contributed by atoms with Gasteiger partial charge in [0, 0.05) is 27.1 Å². The van der Waals surface area contributed by atoms with E-state index in [1.54, 1.807) is 10.6 Å². The zero-order valence-corrected chi connectivity index (χ0v) is 30.0. The van der Waals surface area contributed by atoms with Gasteiger partial charge in [-0.1, -0.05) is 102 Å². The fourth-order valence-corrected chi connectivity index (χ4v) is 7.53. The fourth-order valence-electron chi connectivity index (χ4n) is 7.53. The van der Waals surface area contributed by atoms with Crippen molar-refractivity contribution in [2.75, 3.05) is 0 Å². The number of para-hydroxylation sites is 2. The maximum absolute atomic E-state index is 15.9. The highest BCUT2D eigenvalue weighted by Crippen LogP contribution is 2.45. The SMILES string of the molecule is CC(C)(C)c1ccc2c3ccccc3n(-c3ccc(-c4c(F)c(F)c(F)c(F)c4F)c(-n4c5ccccc5c5ccc(C(C)(C)C)cc54)c3C#N)c2c1. The molecule has 8 aromatic rings. The summed E-state index contributed by atoms with van der Waals surface area (Å²) in [6, 6.07) is 32.5. The van der Waals surface area contributed by atoms with Crippen LogP contribution in [0.1, 0.15) is 58.2 Å². The van der Waals surface area contributed by atoms with Crippen LogP contribution >= 0.6 is 0 Å². The number of aromatic nitrogens is 2. The van der Waals surface area contributed by atoms with Crippen LogP contribution < -0.4 is 0 Å². The van der Waals surface area contributed by atoms with Crippen LogP contribution in [0.25, 0.3) is 66.1 Å². The second kappa shape index (κ2) is 11.8. The predicted octanol–water partition coefficient (Wildman–Crippen LogP) is 12.7. The molecule has 6 aromatic carbocycles. The van der Waals surface area contributed by atoms with Crippen molar-refractivity contribution in [3.63, 3.8) is 0 Å². The first-order valence-corrected chi connectivity index (χ1v) is 17.3. The van der Waals surface area contributed by atoms with Crippen LogP contribution in [0.5, 0.6) is 0 Å². The van der Waals surface area contributed by atoms with E-state index in [9.17, 15) is 9.65 Å². The summed E-state index contributed by atoms with van der Waals surface area (Å²) in [4.78, 5) is 0. The number of rotatable bonds is 3. The zero-order chi connectivity index (χ0) is 37.7. The molecule has 0 unspecified atom stereocenters. The molecule has 53 heavy (non-hydrogen) atoms. The first kappa shape index (κ1) is 34.2. The van der Waals surface area contributed by atoms with Crippen molar-refractivity contribution in [3.8, 4) is 28.6 Å². The molecule has 0 saturated heterocycles. The quantitative estimate of drug-likeness (QED) is 0.102. The van der Waals surface area contributed by atoms with Gasteiger partial charge in [-0.3, -0.25) is 0 Å². The van der Waals surface area contributed by atoms with Crippen molar-refractivity contribution in [1.29, 1.82) is 5.26 Å². The van der Waals surface area contributed by atoms with E-state index in [2.05, 4.69) is 59.7 Å². The summed E-state index contributed by atoms with van der Waals surface area (Å²) in [7, 11) is 0. The fraction of sp³-hybridized carbons (Fsp3) is 0.178. The first-order chi connectivity index (χ1) is 25.1. The molecular formula is C45H34F5N3. The minimum absolute atomic E-state index is 0.0108. The molecule has 0 bridgehead atoms. The topological polar surface area (TPSA) is 33.6 Å². The van der Waals surface area contributed by atoms with Gasteiger partial charge in [-0.25, -0.2) is 22.0 Å². The highest BCUT2D eigenvalue weighted by Gasteiger charge is 2.32. The molecule has 0 fully saturated rings. The maximum atomic E-state index is 15.9. The van der Waals surface area contributed by atoms with Crippen LogP contribution in [0, 0.1) is 40.4 Å². The second-order valence-corrected chi connectivity index (χ2v) is 15.6. The molecule has 264 valence electrons. The van der Waals surface area contributed by atoms with Crippen LogP contribution in [0.15, 0.2) is 97.1 Å². The lowest BCUT2D eigenvalue weighted by Gasteiger charge is -2.22. The molecule has 2 aromatic heterocycles. The molecule has 0 saturated carbocycles. The van der Waals surface area contributed by atoms with Crippen molar-refractivity contribution in [1.82, 2.24) is 9.13 Å². The number of nitriles is 1. The molecule has 0 radical (unpaired) electrons. The van der Waals surface area contributed by atoms with Gasteiger partial charge in [0.05, 0.1) is 39.0 Å². The Kier molecular flexibility index (Phi) is 7.60. The lowest BCUT2D eigenvalue weighted by atomic mass is 9.86. The second-order valence-electron chi connectivity index (χ2n) is 15.6. The predicted molar refractivity (Wildman–Crippen MR) is 202 cm³/mol. The van der Waals surface area contributed by atoms with Crippen LogP contribution in [0.4, 0.5) is 22.0 Å². The van der Waals surface area contributed by atoms with E-state index in [-0.39, 0.29) is 27.6 Å². The number of benzene rings is 6. The van der Waals surface area contributed by atoms with Crippen LogP contribution in [-0.4, -0.2) is 9.13 Å². The summed E-state index contributed by atoms with van der Waals surface area (Å²) in [5, 5.41) is 14.7. The molecule has 8 rings (SSSR count). The average molecular weight is 712 g/mol. The first-order valence-electron chi connectivity index (χ1n) is 17.3. The van der Waals surface area contributed by atoms with E-state index >= 15 is 17.6 Å². The largest absolute Gasteiger partial charge is 0.308 e. The van der Waals surface area contributed by atoms with Crippen LogP contribution in [-0.2, 0) is 10.8 Å². The van der Waals surface area contributed by atoms with E-state index in [1.807, 2.05) is 71.3 Å². The molecule has 0 amide bonds. The molecule has 0 aliphatic carbocycles. The average Bonchev–Trinajstić information content (AvgIpc) is 3.64. The summed E-state index contributed by atoms with van der Waals surface area (Å²) in [5.74, 6) is -10.4. The molecule has 0 N–H and O–H groups in total. The molecule has 0 aliphatic heterocycles. The van der Waals surface area contributed by atoms with Gasteiger partial charge in [-0.05, 0) is 58.4 Å².